The maximum atomic E-state index is 12.5. The Labute approximate surface area is 189 Å². The number of benzene rings is 1. The Balaban J connectivity index is 1.72. The summed E-state index contributed by atoms with van der Waals surface area (Å²) in [5, 5.41) is 13.3. The zero-order valence-corrected chi connectivity index (χ0v) is 19.3. The van der Waals surface area contributed by atoms with E-state index in [-0.39, 0.29) is 23.9 Å². The Morgan fingerprint density at radius 1 is 1.22 bits per heavy atom. The van der Waals surface area contributed by atoms with E-state index in [1.807, 2.05) is 20.8 Å². The maximum absolute atomic E-state index is 12.5. The molecule has 0 spiro atoms. The molecule has 1 atom stereocenters. The number of carbonyl (C=O) groups excluding carboxylic acids is 1. The van der Waals surface area contributed by atoms with E-state index in [0.29, 0.717) is 17.3 Å². The van der Waals surface area contributed by atoms with Crippen molar-refractivity contribution in [3.05, 3.63) is 35.7 Å². The van der Waals surface area contributed by atoms with Gasteiger partial charge >= 0.3 is 11.9 Å². The van der Waals surface area contributed by atoms with Crippen LogP contribution in [0.1, 0.15) is 101 Å². The molecule has 0 saturated heterocycles. The lowest BCUT2D eigenvalue weighted by atomic mass is 9.84. The molecule has 7 nitrogen and oxygen atoms in total. The molecule has 1 aliphatic carbocycles. The smallest absolute Gasteiger partial charge is 0.335 e. The van der Waals surface area contributed by atoms with Gasteiger partial charge in [0.15, 0.2) is 0 Å². The number of esters is 1. The predicted octanol–water partition coefficient (Wildman–Crippen LogP) is 6.00. The van der Waals surface area contributed by atoms with Crippen LogP contribution >= 0.6 is 0 Å². The van der Waals surface area contributed by atoms with Crippen LogP contribution in [0.15, 0.2) is 28.8 Å². The number of hydrogen-bond donors (Lipinski definition) is 1. The fourth-order valence-electron chi connectivity index (χ4n) is 4.34. The lowest BCUT2D eigenvalue weighted by Gasteiger charge is -2.23. The van der Waals surface area contributed by atoms with Crippen molar-refractivity contribution in [1.29, 1.82) is 0 Å². The van der Waals surface area contributed by atoms with Gasteiger partial charge in [-0.25, -0.2) is 4.79 Å². The Morgan fingerprint density at radius 2 is 1.97 bits per heavy atom. The molecule has 2 aromatic rings. The van der Waals surface area contributed by atoms with E-state index in [4.69, 9.17) is 9.26 Å². The molecule has 0 amide bonds. The van der Waals surface area contributed by atoms with Gasteiger partial charge in [0.1, 0.15) is 5.60 Å². The van der Waals surface area contributed by atoms with Gasteiger partial charge in [0.25, 0.3) is 0 Å². The lowest BCUT2D eigenvalue weighted by Crippen LogP contribution is -2.25. The van der Waals surface area contributed by atoms with Crippen molar-refractivity contribution in [2.24, 2.45) is 5.92 Å². The highest BCUT2D eigenvalue weighted by atomic mass is 16.6. The first-order valence-electron chi connectivity index (χ1n) is 11.6. The second-order valence-corrected chi connectivity index (χ2v) is 9.76. The third kappa shape index (κ3) is 7.18. The third-order valence-corrected chi connectivity index (χ3v) is 5.88. The highest BCUT2D eigenvalue weighted by Crippen LogP contribution is 2.32. The van der Waals surface area contributed by atoms with Crippen LogP contribution in [0.25, 0.3) is 11.4 Å². The molecular formula is C25H34N2O5. The molecule has 0 aliphatic heterocycles. The summed E-state index contributed by atoms with van der Waals surface area (Å²) in [5.41, 5.74) is 0.172. The first-order valence-corrected chi connectivity index (χ1v) is 11.6. The number of aromatic nitrogens is 2. The van der Waals surface area contributed by atoms with Crippen LogP contribution in [-0.4, -0.2) is 32.8 Å². The second kappa shape index (κ2) is 10.7. The van der Waals surface area contributed by atoms with Gasteiger partial charge < -0.3 is 14.4 Å². The first-order chi connectivity index (χ1) is 15.2. The lowest BCUT2D eigenvalue weighted by molar-refractivity contribution is -0.155. The zero-order valence-electron chi connectivity index (χ0n) is 19.3. The average Bonchev–Trinajstić information content (AvgIpc) is 3.23. The molecule has 1 aromatic heterocycles. The molecule has 1 aliphatic rings. The van der Waals surface area contributed by atoms with Crippen molar-refractivity contribution in [2.45, 2.75) is 90.1 Å². The minimum atomic E-state index is -1.01. The summed E-state index contributed by atoms with van der Waals surface area (Å²) in [6, 6.07) is 6.43. The summed E-state index contributed by atoms with van der Waals surface area (Å²) in [5.74, 6) is -0.0334. The monoisotopic (exact) mass is 442 g/mol. The third-order valence-electron chi connectivity index (χ3n) is 5.88. The number of carboxylic acids is 1. The van der Waals surface area contributed by atoms with Crippen LogP contribution in [0, 0.1) is 5.92 Å². The number of rotatable bonds is 9. The molecule has 7 heteroatoms. The van der Waals surface area contributed by atoms with Crippen molar-refractivity contribution in [2.75, 3.05) is 0 Å². The van der Waals surface area contributed by atoms with Crippen LogP contribution in [0.4, 0.5) is 0 Å². The van der Waals surface area contributed by atoms with Gasteiger partial charge in [-0.05, 0) is 45.2 Å². The quantitative estimate of drug-likeness (QED) is 0.475. The molecule has 1 fully saturated rings. The Morgan fingerprint density at radius 3 is 2.66 bits per heavy atom. The van der Waals surface area contributed by atoms with E-state index in [0.717, 1.165) is 25.2 Å². The van der Waals surface area contributed by atoms with Crippen molar-refractivity contribution in [1.82, 2.24) is 10.1 Å². The summed E-state index contributed by atoms with van der Waals surface area (Å²) in [4.78, 5) is 28.3. The number of carbonyl (C=O) groups is 2. The molecule has 1 aromatic carbocycles. The van der Waals surface area contributed by atoms with E-state index in [1.165, 1.54) is 44.2 Å². The molecule has 1 heterocycles. The summed E-state index contributed by atoms with van der Waals surface area (Å²) in [7, 11) is 0. The summed E-state index contributed by atoms with van der Waals surface area (Å²) >= 11 is 0. The van der Waals surface area contributed by atoms with Gasteiger partial charge in [-0.1, -0.05) is 62.2 Å². The Hall–Kier alpha value is -2.70. The number of ether oxygens (including phenoxy) is 1. The Kier molecular flexibility index (Phi) is 8.04. The van der Waals surface area contributed by atoms with Gasteiger partial charge in [0.05, 0.1) is 12.0 Å². The minimum absolute atomic E-state index is 0.159. The number of hydrogen-bond acceptors (Lipinski definition) is 6. The van der Waals surface area contributed by atoms with Crippen molar-refractivity contribution < 1.29 is 24.0 Å². The van der Waals surface area contributed by atoms with Gasteiger partial charge in [-0.15, -0.1) is 0 Å². The molecule has 174 valence electrons. The van der Waals surface area contributed by atoms with Crippen LogP contribution in [0.2, 0.25) is 0 Å². The van der Waals surface area contributed by atoms with Gasteiger partial charge in [0.2, 0.25) is 11.7 Å². The standard InChI is InChI=1S/C25H34N2O5/c1-25(2,3)31-21(28)16-19(13-7-11-17-9-5-4-6-10-17)23-26-22(27-32-23)18-12-8-14-20(15-18)24(29)30/h8,12,14-15,17,19H,4-7,9-11,13,16H2,1-3H3,(H,29,30)/t19-/m1/s1. The van der Waals surface area contributed by atoms with Gasteiger partial charge in [-0.2, -0.15) is 4.98 Å². The van der Waals surface area contributed by atoms with Gasteiger partial charge in [-0.3, -0.25) is 4.79 Å². The average molecular weight is 443 g/mol. The second-order valence-electron chi connectivity index (χ2n) is 9.76. The molecule has 1 N–H and O–H groups in total. The van der Waals surface area contributed by atoms with Crippen LogP contribution in [0.5, 0.6) is 0 Å². The van der Waals surface area contributed by atoms with Gasteiger partial charge in [0, 0.05) is 11.5 Å². The Bertz CT molecular complexity index is 909. The molecule has 0 radical (unpaired) electrons. The van der Waals surface area contributed by atoms with Crippen molar-refractivity contribution >= 4 is 11.9 Å². The first kappa shape index (κ1) is 24.0. The summed E-state index contributed by atoms with van der Waals surface area (Å²) in [6.45, 7) is 5.55. The van der Waals surface area contributed by atoms with Crippen LogP contribution < -0.4 is 0 Å². The molecule has 0 unspecified atom stereocenters. The van der Waals surface area contributed by atoms with E-state index in [2.05, 4.69) is 10.1 Å². The molecule has 1 saturated carbocycles. The number of aromatic carboxylic acids is 1. The minimum Gasteiger partial charge on any atom is -0.478 e. The van der Waals surface area contributed by atoms with Crippen LogP contribution in [0.3, 0.4) is 0 Å². The fourth-order valence-corrected chi connectivity index (χ4v) is 4.34. The predicted molar refractivity (Wildman–Crippen MR) is 120 cm³/mol. The van der Waals surface area contributed by atoms with E-state index < -0.39 is 11.6 Å². The summed E-state index contributed by atoms with van der Waals surface area (Å²) in [6.07, 6.45) is 9.64. The van der Waals surface area contributed by atoms with E-state index >= 15 is 0 Å². The number of carboxylic acid groups (broad SMARTS) is 1. The molecule has 0 bridgehead atoms. The van der Waals surface area contributed by atoms with Crippen molar-refractivity contribution in [3.63, 3.8) is 0 Å². The zero-order chi connectivity index (χ0) is 23.1. The number of nitrogens with zero attached hydrogens (tertiary/aromatic N) is 2. The van der Waals surface area contributed by atoms with E-state index in [1.54, 1.807) is 12.1 Å². The highest BCUT2D eigenvalue weighted by Gasteiger charge is 2.26. The summed E-state index contributed by atoms with van der Waals surface area (Å²) < 4.78 is 11.1. The SMILES string of the molecule is CC(C)(C)OC(=O)C[C@@H](CCCC1CCCCC1)c1nc(-c2cccc(C(=O)O)c2)no1. The largest absolute Gasteiger partial charge is 0.478 e. The van der Waals surface area contributed by atoms with Crippen LogP contribution in [-0.2, 0) is 9.53 Å². The highest BCUT2D eigenvalue weighted by molar-refractivity contribution is 5.89. The fraction of sp³-hybridized carbons (Fsp3) is 0.600. The maximum Gasteiger partial charge on any atom is 0.335 e. The van der Waals surface area contributed by atoms with Crippen molar-refractivity contribution in [3.8, 4) is 11.4 Å². The topological polar surface area (TPSA) is 103 Å². The molecular weight excluding hydrogens is 408 g/mol. The molecule has 32 heavy (non-hydrogen) atoms. The normalized spacial score (nSPS) is 16.0. The molecule has 3 rings (SSSR count). The van der Waals surface area contributed by atoms with E-state index in [9.17, 15) is 14.7 Å².